The third-order valence-electron chi connectivity index (χ3n) is 4.72. The molecule has 0 aromatic heterocycles. The first-order valence-electron chi connectivity index (χ1n) is 8.91. The molecule has 0 saturated carbocycles. The fourth-order valence-electron chi connectivity index (χ4n) is 3.04. The second-order valence-electron chi connectivity index (χ2n) is 6.65. The van der Waals surface area contributed by atoms with Gasteiger partial charge in [0.2, 0.25) is 6.29 Å². The third-order valence-corrected chi connectivity index (χ3v) is 5.28. The molecule has 1 aliphatic heterocycles. The number of esters is 1. The van der Waals surface area contributed by atoms with Gasteiger partial charge in [-0.2, -0.15) is 0 Å². The lowest BCUT2D eigenvalue weighted by Gasteiger charge is -2.39. The lowest BCUT2D eigenvalue weighted by atomic mass is 9.99. The summed E-state index contributed by atoms with van der Waals surface area (Å²) in [6, 6.07) is 9.74. The maximum absolute atomic E-state index is 11.6. The number of hydrogen-bond donors (Lipinski definition) is 4. The zero-order valence-electron chi connectivity index (χ0n) is 15.7. The third kappa shape index (κ3) is 4.55. The Hall–Kier alpha value is -1.91. The Bertz CT molecular complexity index is 879. The van der Waals surface area contributed by atoms with Gasteiger partial charge in [0, 0.05) is 0 Å². The minimum Gasteiger partial charge on any atom is -0.465 e. The molecule has 3 rings (SSSR count). The summed E-state index contributed by atoms with van der Waals surface area (Å²) in [5.41, 5.74) is 1.76. The number of methoxy groups -OCH3 is 1. The van der Waals surface area contributed by atoms with Crippen molar-refractivity contribution >= 4 is 29.2 Å². The summed E-state index contributed by atoms with van der Waals surface area (Å²) < 4.78 is 15.5. The molecular formula is C20H20Cl2O8. The molecule has 2 aromatic carbocycles. The number of aliphatic hydroxyl groups excluding tert-OH is 4. The maximum atomic E-state index is 11.6. The molecule has 0 radical (unpaired) electrons. The van der Waals surface area contributed by atoms with Gasteiger partial charge < -0.3 is 34.6 Å². The van der Waals surface area contributed by atoms with E-state index in [0.29, 0.717) is 11.1 Å². The van der Waals surface area contributed by atoms with Crippen molar-refractivity contribution in [1.82, 2.24) is 0 Å². The van der Waals surface area contributed by atoms with E-state index in [2.05, 4.69) is 4.74 Å². The van der Waals surface area contributed by atoms with Crippen molar-refractivity contribution in [3.63, 3.8) is 0 Å². The summed E-state index contributed by atoms with van der Waals surface area (Å²) in [4.78, 5) is 11.6. The van der Waals surface area contributed by atoms with Crippen LogP contribution in [0.2, 0.25) is 10.0 Å². The molecule has 4 N–H and O–H groups in total. The quantitative estimate of drug-likeness (QED) is 0.498. The number of rotatable bonds is 5. The lowest BCUT2D eigenvalue weighted by Crippen LogP contribution is -2.60. The molecule has 5 atom stereocenters. The van der Waals surface area contributed by atoms with Crippen LogP contribution in [0, 0.1) is 0 Å². The first kappa shape index (κ1) is 22.8. The summed E-state index contributed by atoms with van der Waals surface area (Å²) in [5.74, 6) is -0.460. The molecule has 162 valence electrons. The molecule has 8 nitrogen and oxygen atoms in total. The van der Waals surface area contributed by atoms with Gasteiger partial charge in [0.15, 0.2) is 5.75 Å². The van der Waals surface area contributed by atoms with Crippen molar-refractivity contribution in [2.75, 3.05) is 13.7 Å². The zero-order chi connectivity index (χ0) is 22.0. The van der Waals surface area contributed by atoms with Gasteiger partial charge in [-0.05, 0) is 35.4 Å². The molecule has 1 fully saturated rings. The van der Waals surface area contributed by atoms with E-state index in [-0.39, 0.29) is 15.8 Å². The van der Waals surface area contributed by atoms with Crippen LogP contribution in [0.25, 0.3) is 11.1 Å². The Morgan fingerprint density at radius 3 is 2.13 bits per heavy atom. The number of carbonyl (C=O) groups is 1. The molecule has 0 bridgehead atoms. The molecule has 1 saturated heterocycles. The highest BCUT2D eigenvalue weighted by Crippen LogP contribution is 2.39. The number of halogens is 2. The normalized spacial score (nSPS) is 26.3. The van der Waals surface area contributed by atoms with Crippen molar-refractivity contribution < 1.29 is 39.4 Å². The Labute approximate surface area is 182 Å². The summed E-state index contributed by atoms with van der Waals surface area (Å²) in [6.07, 6.45) is -7.24. The number of aliphatic hydroxyl groups is 4. The summed E-state index contributed by atoms with van der Waals surface area (Å²) >= 11 is 12.6. The molecule has 2 aromatic rings. The van der Waals surface area contributed by atoms with E-state index in [1.807, 2.05) is 0 Å². The molecule has 10 heteroatoms. The van der Waals surface area contributed by atoms with E-state index < -0.39 is 43.3 Å². The largest absolute Gasteiger partial charge is 0.465 e. The molecular weight excluding hydrogens is 439 g/mol. The fraction of sp³-hybridized carbons (Fsp3) is 0.350. The fourth-order valence-corrected chi connectivity index (χ4v) is 3.61. The van der Waals surface area contributed by atoms with Crippen LogP contribution < -0.4 is 4.74 Å². The Morgan fingerprint density at radius 2 is 1.60 bits per heavy atom. The SMILES string of the molecule is COC(=O)c1ccc(-c2cc(Cl)c(O[C@H]3OC(CO)[C@@H](O)C(O)[C@H]3O)c(Cl)c2)cc1. The van der Waals surface area contributed by atoms with Crippen molar-refractivity contribution in [3.05, 3.63) is 52.0 Å². The Kier molecular flexibility index (Phi) is 7.20. The Morgan fingerprint density at radius 1 is 1.00 bits per heavy atom. The van der Waals surface area contributed by atoms with Crippen molar-refractivity contribution in [2.45, 2.75) is 30.7 Å². The Balaban J connectivity index is 1.84. The smallest absolute Gasteiger partial charge is 0.337 e. The predicted octanol–water partition coefficient (Wildman–Crippen LogP) is 1.63. The highest BCUT2D eigenvalue weighted by atomic mass is 35.5. The maximum Gasteiger partial charge on any atom is 0.337 e. The molecule has 1 heterocycles. The van der Waals surface area contributed by atoms with Crippen LogP contribution >= 0.6 is 23.2 Å². The molecule has 0 spiro atoms. The van der Waals surface area contributed by atoms with Crippen LogP contribution in [0.1, 0.15) is 10.4 Å². The minimum absolute atomic E-state index is 0.00223. The van der Waals surface area contributed by atoms with Crippen LogP contribution in [0.3, 0.4) is 0 Å². The van der Waals surface area contributed by atoms with E-state index in [4.69, 9.17) is 32.7 Å². The highest BCUT2D eigenvalue weighted by molar-refractivity contribution is 6.37. The zero-order valence-corrected chi connectivity index (χ0v) is 17.2. The second kappa shape index (κ2) is 9.49. The van der Waals surface area contributed by atoms with Gasteiger partial charge in [0.25, 0.3) is 0 Å². The van der Waals surface area contributed by atoms with E-state index in [1.165, 1.54) is 7.11 Å². The monoisotopic (exact) mass is 458 g/mol. The van der Waals surface area contributed by atoms with Gasteiger partial charge in [0.1, 0.15) is 24.4 Å². The van der Waals surface area contributed by atoms with Crippen molar-refractivity contribution in [3.8, 4) is 16.9 Å². The highest BCUT2D eigenvalue weighted by Gasteiger charge is 2.45. The summed E-state index contributed by atoms with van der Waals surface area (Å²) in [5, 5.41) is 39.3. The minimum atomic E-state index is -1.60. The number of benzene rings is 2. The topological polar surface area (TPSA) is 126 Å². The van der Waals surface area contributed by atoms with Crippen LogP contribution in [0.15, 0.2) is 36.4 Å². The molecule has 2 unspecified atom stereocenters. The van der Waals surface area contributed by atoms with Gasteiger partial charge in [0.05, 0.1) is 29.3 Å². The molecule has 1 aliphatic rings. The van der Waals surface area contributed by atoms with Gasteiger partial charge >= 0.3 is 5.97 Å². The second-order valence-corrected chi connectivity index (χ2v) is 7.47. The van der Waals surface area contributed by atoms with Crippen LogP contribution in [-0.4, -0.2) is 70.8 Å². The van der Waals surface area contributed by atoms with Crippen LogP contribution in [-0.2, 0) is 9.47 Å². The number of carbonyl (C=O) groups excluding carboxylic acids is 1. The van der Waals surface area contributed by atoms with Crippen molar-refractivity contribution in [1.29, 1.82) is 0 Å². The molecule has 0 aliphatic carbocycles. The lowest BCUT2D eigenvalue weighted by molar-refractivity contribution is -0.277. The molecule has 0 amide bonds. The first-order chi connectivity index (χ1) is 14.3. The molecule has 30 heavy (non-hydrogen) atoms. The standard InChI is InChI=1S/C20H20Cl2O8/c1-28-19(27)10-4-2-9(3-5-10)11-6-12(21)18(13(22)7-11)30-20-17(26)16(25)15(24)14(8-23)29-20/h2-7,14-17,20,23-26H,8H2,1H3/t14?,15-,16?,17-,20-/m1/s1. The van der Waals surface area contributed by atoms with Gasteiger partial charge in [-0.1, -0.05) is 35.3 Å². The number of ether oxygens (including phenoxy) is 3. The summed E-state index contributed by atoms with van der Waals surface area (Å²) in [6.45, 7) is -0.590. The van der Waals surface area contributed by atoms with E-state index in [9.17, 15) is 25.2 Å². The predicted molar refractivity (Wildman–Crippen MR) is 108 cm³/mol. The van der Waals surface area contributed by atoms with E-state index in [0.717, 1.165) is 5.56 Å². The van der Waals surface area contributed by atoms with E-state index in [1.54, 1.807) is 36.4 Å². The average Bonchev–Trinajstić information content (AvgIpc) is 2.75. The van der Waals surface area contributed by atoms with E-state index >= 15 is 0 Å². The van der Waals surface area contributed by atoms with Crippen molar-refractivity contribution in [2.24, 2.45) is 0 Å². The van der Waals surface area contributed by atoms with Gasteiger partial charge in [-0.3, -0.25) is 0 Å². The van der Waals surface area contributed by atoms with Crippen LogP contribution in [0.4, 0.5) is 0 Å². The average molecular weight is 459 g/mol. The van der Waals surface area contributed by atoms with Gasteiger partial charge in [-0.25, -0.2) is 4.79 Å². The van der Waals surface area contributed by atoms with Crippen LogP contribution in [0.5, 0.6) is 5.75 Å². The number of hydrogen-bond acceptors (Lipinski definition) is 8. The first-order valence-corrected chi connectivity index (χ1v) is 9.67. The van der Waals surface area contributed by atoms with Gasteiger partial charge in [-0.15, -0.1) is 0 Å². The summed E-state index contributed by atoms with van der Waals surface area (Å²) in [7, 11) is 1.30.